The molecule has 31 heavy (non-hydrogen) atoms. The van der Waals surface area contributed by atoms with Gasteiger partial charge in [-0.1, -0.05) is 24.3 Å². The fraction of sp³-hybridized carbons (Fsp3) is 0.0952. The summed E-state index contributed by atoms with van der Waals surface area (Å²) < 4.78 is 4.87. The number of primary amides is 1. The van der Waals surface area contributed by atoms with Crippen LogP contribution in [0.25, 0.3) is 33.5 Å². The number of nitrogens with one attached hydrogen (secondary N) is 2. The molecule has 0 saturated heterocycles. The predicted octanol–water partition coefficient (Wildman–Crippen LogP) is 1.95. The van der Waals surface area contributed by atoms with E-state index in [1.165, 1.54) is 7.11 Å². The highest BCUT2D eigenvalue weighted by Gasteiger charge is 2.21. The van der Waals surface area contributed by atoms with Crippen molar-refractivity contribution in [1.82, 2.24) is 20.2 Å². The van der Waals surface area contributed by atoms with Gasteiger partial charge in [-0.25, -0.2) is 9.97 Å². The molecule has 0 bridgehead atoms. The number of methoxy groups -OCH3 is 1. The van der Waals surface area contributed by atoms with E-state index < -0.39 is 5.91 Å². The number of benzene rings is 2. The summed E-state index contributed by atoms with van der Waals surface area (Å²) >= 11 is 0. The van der Waals surface area contributed by atoms with Crippen molar-refractivity contribution in [3.63, 3.8) is 0 Å². The van der Waals surface area contributed by atoms with Crippen molar-refractivity contribution in [1.29, 1.82) is 0 Å². The van der Waals surface area contributed by atoms with E-state index in [9.17, 15) is 9.59 Å². The molecule has 10 nitrogen and oxygen atoms in total. The second kappa shape index (κ2) is 8.20. The molecule has 0 radical (unpaired) electrons. The molecule has 10 heteroatoms. The van der Waals surface area contributed by atoms with Gasteiger partial charge in [0.25, 0.3) is 5.91 Å². The van der Waals surface area contributed by atoms with Gasteiger partial charge in [-0.3, -0.25) is 14.7 Å². The molecule has 2 aromatic carbocycles. The highest BCUT2D eigenvalue weighted by atomic mass is 16.5. The number of H-pyrrole nitrogens is 1. The number of fused-ring (bicyclic) bond motifs is 1. The van der Waals surface area contributed by atoms with Crippen LogP contribution in [0.1, 0.15) is 10.5 Å². The minimum atomic E-state index is -0.789. The molecule has 6 N–H and O–H groups in total. The first kappa shape index (κ1) is 20.0. The molecule has 0 atom stereocenters. The standard InChI is InChI=1S/C21H19N7O3/c1-31-10-16(29)25-14-7-3-2-5-12(14)21-26-18(17(22)19(27-21)20(23)30)11-6-4-8-15-13(11)9-24-28-15/h2-9H,10,22H2,1H3,(H2,23,30)(H,24,28)(H,25,29). The van der Waals surface area contributed by atoms with Gasteiger partial charge in [0.05, 0.1) is 28.8 Å². The molecule has 0 fully saturated rings. The van der Waals surface area contributed by atoms with Crippen LogP contribution in [0.5, 0.6) is 0 Å². The van der Waals surface area contributed by atoms with Gasteiger partial charge in [-0.05, 0) is 18.2 Å². The van der Waals surface area contributed by atoms with Gasteiger partial charge in [-0.15, -0.1) is 0 Å². The summed E-state index contributed by atoms with van der Waals surface area (Å²) in [6.07, 6.45) is 1.65. The van der Waals surface area contributed by atoms with Gasteiger partial charge in [-0.2, -0.15) is 5.10 Å². The number of carbonyl (C=O) groups excluding carboxylic acids is 2. The fourth-order valence-electron chi connectivity index (χ4n) is 3.26. The second-order valence-electron chi connectivity index (χ2n) is 6.69. The van der Waals surface area contributed by atoms with E-state index in [1.54, 1.807) is 30.5 Å². The Hall–Kier alpha value is -4.31. The SMILES string of the molecule is COCC(=O)Nc1ccccc1-c1nc(C(N)=O)c(N)c(-c2cccc3[nH]ncc23)n1. The number of aromatic amines is 1. The Morgan fingerprint density at radius 2 is 1.87 bits per heavy atom. The first-order valence-corrected chi connectivity index (χ1v) is 9.27. The summed E-state index contributed by atoms with van der Waals surface area (Å²) in [7, 11) is 1.43. The number of hydrogen-bond acceptors (Lipinski definition) is 7. The van der Waals surface area contributed by atoms with Crippen LogP contribution in [0, 0.1) is 0 Å². The fourth-order valence-corrected chi connectivity index (χ4v) is 3.26. The summed E-state index contributed by atoms with van der Waals surface area (Å²) in [6.45, 7) is -0.114. The van der Waals surface area contributed by atoms with Gasteiger partial charge < -0.3 is 21.5 Å². The molecule has 2 amide bonds. The van der Waals surface area contributed by atoms with Crippen molar-refractivity contribution < 1.29 is 14.3 Å². The van der Waals surface area contributed by atoms with Crippen LogP contribution in [0.2, 0.25) is 0 Å². The first-order valence-electron chi connectivity index (χ1n) is 9.27. The highest BCUT2D eigenvalue weighted by Crippen LogP contribution is 2.34. The number of ether oxygens (including phenoxy) is 1. The van der Waals surface area contributed by atoms with Gasteiger partial charge in [0.2, 0.25) is 5.91 Å². The number of hydrogen-bond donors (Lipinski definition) is 4. The maximum Gasteiger partial charge on any atom is 0.269 e. The maximum absolute atomic E-state index is 12.1. The van der Waals surface area contributed by atoms with Gasteiger partial charge >= 0.3 is 0 Å². The predicted molar refractivity (Wildman–Crippen MR) is 116 cm³/mol. The van der Waals surface area contributed by atoms with E-state index in [1.807, 2.05) is 18.2 Å². The second-order valence-corrected chi connectivity index (χ2v) is 6.69. The van der Waals surface area contributed by atoms with E-state index >= 15 is 0 Å². The van der Waals surface area contributed by atoms with E-state index in [0.29, 0.717) is 22.5 Å². The number of aromatic nitrogens is 4. The van der Waals surface area contributed by atoms with Gasteiger partial charge in [0.1, 0.15) is 6.61 Å². The molecule has 4 rings (SSSR count). The Morgan fingerprint density at radius 1 is 1.10 bits per heavy atom. The largest absolute Gasteiger partial charge is 0.395 e. The third-order valence-corrected chi connectivity index (χ3v) is 4.64. The molecule has 156 valence electrons. The molecule has 0 aliphatic heterocycles. The molecular formula is C21H19N7O3. The van der Waals surface area contributed by atoms with E-state index in [4.69, 9.17) is 16.2 Å². The zero-order valence-electron chi connectivity index (χ0n) is 16.5. The van der Waals surface area contributed by atoms with Crippen LogP contribution in [-0.4, -0.2) is 45.7 Å². The normalized spacial score (nSPS) is 10.9. The number of nitrogens with zero attached hydrogens (tertiary/aromatic N) is 3. The van der Waals surface area contributed by atoms with Crippen molar-refractivity contribution in [3.05, 3.63) is 54.4 Å². The van der Waals surface area contributed by atoms with Crippen molar-refractivity contribution >= 4 is 34.1 Å². The number of nitrogens with two attached hydrogens (primary N) is 2. The lowest BCUT2D eigenvalue weighted by Gasteiger charge is -2.14. The Kier molecular flexibility index (Phi) is 5.29. The molecule has 2 heterocycles. The van der Waals surface area contributed by atoms with Crippen molar-refractivity contribution in [2.75, 3.05) is 24.8 Å². The Balaban J connectivity index is 1.93. The number of carbonyl (C=O) groups is 2. The van der Waals surface area contributed by atoms with Crippen molar-refractivity contribution in [2.45, 2.75) is 0 Å². The van der Waals surface area contributed by atoms with E-state index in [0.717, 1.165) is 10.9 Å². The zero-order valence-corrected chi connectivity index (χ0v) is 16.5. The van der Waals surface area contributed by atoms with Gasteiger partial charge in [0.15, 0.2) is 11.5 Å². The summed E-state index contributed by atoms with van der Waals surface area (Å²) in [5.74, 6) is -0.946. The Bertz CT molecular complexity index is 1300. The quantitative estimate of drug-likeness (QED) is 0.372. The van der Waals surface area contributed by atoms with Crippen LogP contribution < -0.4 is 16.8 Å². The third kappa shape index (κ3) is 3.79. The third-order valence-electron chi connectivity index (χ3n) is 4.64. The summed E-state index contributed by atoms with van der Waals surface area (Å²) in [4.78, 5) is 33.1. The topological polar surface area (TPSA) is 162 Å². The molecule has 4 aromatic rings. The monoisotopic (exact) mass is 417 g/mol. The average Bonchev–Trinajstić information content (AvgIpc) is 3.23. The molecule has 0 aliphatic rings. The van der Waals surface area contributed by atoms with Gasteiger partial charge in [0, 0.05) is 23.6 Å². The lowest BCUT2D eigenvalue weighted by Crippen LogP contribution is -2.19. The smallest absolute Gasteiger partial charge is 0.269 e. The molecule has 0 aliphatic carbocycles. The van der Waals surface area contributed by atoms with Crippen LogP contribution in [0.4, 0.5) is 11.4 Å². The number of amides is 2. The van der Waals surface area contributed by atoms with Crippen LogP contribution >= 0.6 is 0 Å². The number of nitrogen functional groups attached to an aromatic ring is 1. The average molecular weight is 417 g/mol. The highest BCUT2D eigenvalue weighted by molar-refractivity contribution is 6.03. The van der Waals surface area contributed by atoms with Crippen LogP contribution in [-0.2, 0) is 9.53 Å². The Morgan fingerprint density at radius 3 is 2.65 bits per heavy atom. The molecule has 0 spiro atoms. The summed E-state index contributed by atoms with van der Waals surface area (Å²) in [5, 5.41) is 10.5. The van der Waals surface area contributed by atoms with Crippen molar-refractivity contribution in [2.24, 2.45) is 5.73 Å². The molecule has 0 unspecified atom stereocenters. The minimum Gasteiger partial charge on any atom is -0.395 e. The molecule has 0 saturated carbocycles. The van der Waals surface area contributed by atoms with Crippen LogP contribution in [0.3, 0.4) is 0 Å². The molecular weight excluding hydrogens is 398 g/mol. The van der Waals surface area contributed by atoms with E-state index in [2.05, 4.69) is 25.5 Å². The number of para-hydroxylation sites is 1. The van der Waals surface area contributed by atoms with Crippen LogP contribution in [0.15, 0.2) is 48.7 Å². The summed E-state index contributed by atoms with van der Waals surface area (Å²) in [5.41, 5.74) is 14.5. The lowest BCUT2D eigenvalue weighted by atomic mass is 10.0. The number of anilines is 2. The Labute approximate surface area is 176 Å². The maximum atomic E-state index is 12.1. The van der Waals surface area contributed by atoms with Crippen molar-refractivity contribution in [3.8, 4) is 22.6 Å². The number of rotatable bonds is 6. The minimum absolute atomic E-state index is 0.0610. The zero-order chi connectivity index (χ0) is 22.0. The lowest BCUT2D eigenvalue weighted by molar-refractivity contribution is -0.119. The first-order chi connectivity index (χ1) is 15.0. The van der Waals surface area contributed by atoms with E-state index in [-0.39, 0.29) is 29.7 Å². The molecule has 2 aromatic heterocycles. The summed E-state index contributed by atoms with van der Waals surface area (Å²) in [6, 6.07) is 12.4.